The number of hydrogen-bond donors (Lipinski definition) is 2. The Kier molecular flexibility index (Phi) is 2.39. The molecule has 19 heavy (non-hydrogen) atoms. The molecule has 1 fully saturated rings. The Morgan fingerprint density at radius 3 is 2.89 bits per heavy atom. The van der Waals surface area contributed by atoms with Crippen LogP contribution in [0.4, 0.5) is 5.82 Å². The quantitative estimate of drug-likeness (QED) is 0.867. The first-order valence-corrected chi connectivity index (χ1v) is 7.30. The number of piperidine rings is 1. The maximum atomic E-state index is 9.66. The molecule has 3 nitrogen and oxygen atoms in total. The number of H-pyrrole nitrogens is 1. The Bertz CT molecular complexity index is 621. The number of para-hydroxylation sites is 1. The average molecular weight is 256 g/mol. The van der Waals surface area contributed by atoms with Gasteiger partial charge in [-0.3, -0.25) is 0 Å². The van der Waals surface area contributed by atoms with Crippen molar-refractivity contribution in [3.05, 3.63) is 29.3 Å². The number of aromatic amines is 1. The van der Waals surface area contributed by atoms with Crippen molar-refractivity contribution in [2.24, 2.45) is 0 Å². The maximum absolute atomic E-state index is 9.66. The normalized spacial score (nSPS) is 20.0. The Balaban J connectivity index is 1.93. The molecule has 1 atom stereocenters. The van der Waals surface area contributed by atoms with Gasteiger partial charge in [-0.1, -0.05) is 18.2 Å². The summed E-state index contributed by atoms with van der Waals surface area (Å²) in [7, 11) is 0. The number of aromatic nitrogens is 1. The van der Waals surface area contributed by atoms with Gasteiger partial charge in [-0.2, -0.15) is 0 Å². The third kappa shape index (κ3) is 1.61. The summed E-state index contributed by atoms with van der Waals surface area (Å²) in [6, 6.07) is 6.50. The van der Waals surface area contributed by atoms with Crippen molar-refractivity contribution in [1.82, 2.24) is 4.98 Å². The van der Waals surface area contributed by atoms with E-state index in [4.69, 9.17) is 0 Å². The largest absolute Gasteiger partial charge is 0.393 e. The van der Waals surface area contributed by atoms with Gasteiger partial charge in [0.1, 0.15) is 5.82 Å². The van der Waals surface area contributed by atoms with Crippen molar-refractivity contribution in [3.63, 3.8) is 0 Å². The number of rotatable bonds is 2. The monoisotopic (exact) mass is 256 g/mol. The predicted octanol–water partition coefficient (Wildman–Crippen LogP) is 2.79. The van der Waals surface area contributed by atoms with Crippen LogP contribution in [0.3, 0.4) is 0 Å². The molecule has 1 saturated heterocycles. The first-order valence-electron chi connectivity index (χ1n) is 7.30. The Morgan fingerprint density at radius 2 is 2.16 bits per heavy atom. The minimum atomic E-state index is -0.289. The van der Waals surface area contributed by atoms with Gasteiger partial charge in [0.25, 0.3) is 0 Å². The lowest BCUT2D eigenvalue weighted by molar-refractivity contribution is 0.196. The molecular weight excluding hydrogens is 236 g/mol. The van der Waals surface area contributed by atoms with E-state index < -0.39 is 0 Å². The molecule has 3 heteroatoms. The number of benzene rings is 1. The summed E-state index contributed by atoms with van der Waals surface area (Å²) in [4.78, 5) is 6.12. The average Bonchev–Trinajstić information content (AvgIpc) is 2.82. The molecular formula is C16H20N2O. The van der Waals surface area contributed by atoms with E-state index in [1.54, 1.807) is 0 Å². The number of nitrogens with zero attached hydrogens (tertiary/aromatic N) is 1. The van der Waals surface area contributed by atoms with E-state index >= 15 is 0 Å². The van der Waals surface area contributed by atoms with Crippen molar-refractivity contribution in [2.75, 3.05) is 18.0 Å². The van der Waals surface area contributed by atoms with E-state index in [9.17, 15) is 5.11 Å². The molecule has 1 unspecified atom stereocenters. The topological polar surface area (TPSA) is 39.3 Å². The molecule has 0 radical (unpaired) electrons. The number of aliphatic hydroxyl groups is 1. The first kappa shape index (κ1) is 11.4. The summed E-state index contributed by atoms with van der Waals surface area (Å²) < 4.78 is 0. The fourth-order valence-electron chi connectivity index (χ4n) is 3.83. The van der Waals surface area contributed by atoms with Gasteiger partial charge in [0, 0.05) is 30.5 Å². The third-order valence-electron chi connectivity index (χ3n) is 4.67. The smallest absolute Gasteiger partial charge is 0.110 e. The zero-order chi connectivity index (χ0) is 13.0. The van der Waals surface area contributed by atoms with E-state index in [1.165, 1.54) is 53.8 Å². The molecule has 0 spiro atoms. The number of fused-ring (bicyclic) bond motifs is 3. The summed E-state index contributed by atoms with van der Waals surface area (Å²) in [5.74, 6) is 2.08. The predicted molar refractivity (Wildman–Crippen MR) is 77.9 cm³/mol. The zero-order valence-corrected chi connectivity index (χ0v) is 11.3. The zero-order valence-electron chi connectivity index (χ0n) is 11.3. The molecule has 2 aromatic rings. The highest BCUT2D eigenvalue weighted by atomic mass is 16.3. The molecule has 3 aliphatic rings. The van der Waals surface area contributed by atoms with Crippen molar-refractivity contribution >= 4 is 16.7 Å². The summed E-state index contributed by atoms with van der Waals surface area (Å²) >= 11 is 0. The van der Waals surface area contributed by atoms with Gasteiger partial charge in [-0.25, -0.2) is 0 Å². The van der Waals surface area contributed by atoms with E-state index in [1.807, 2.05) is 6.92 Å². The summed E-state index contributed by atoms with van der Waals surface area (Å²) in [5, 5.41) is 11.0. The fraction of sp³-hybridized carbons (Fsp3) is 0.500. The molecule has 0 saturated carbocycles. The second-order valence-electron chi connectivity index (χ2n) is 6.04. The molecule has 5 rings (SSSR count). The van der Waals surface area contributed by atoms with Gasteiger partial charge in [-0.15, -0.1) is 0 Å². The van der Waals surface area contributed by atoms with Crippen molar-refractivity contribution < 1.29 is 5.11 Å². The molecule has 3 aliphatic heterocycles. The number of anilines is 1. The van der Waals surface area contributed by atoms with E-state index in [2.05, 4.69) is 28.1 Å². The maximum Gasteiger partial charge on any atom is 0.110 e. The van der Waals surface area contributed by atoms with Crippen molar-refractivity contribution in [3.8, 4) is 0 Å². The molecule has 0 aliphatic carbocycles. The van der Waals surface area contributed by atoms with Gasteiger partial charge >= 0.3 is 0 Å². The molecule has 1 aromatic carbocycles. The lowest BCUT2D eigenvalue weighted by Crippen LogP contribution is -2.38. The number of nitrogens with one attached hydrogen (secondary N) is 1. The molecule has 2 N–H and O–H groups in total. The lowest BCUT2D eigenvalue weighted by atomic mass is 9.84. The van der Waals surface area contributed by atoms with E-state index in [0.717, 1.165) is 12.3 Å². The highest BCUT2D eigenvalue weighted by molar-refractivity contribution is 5.92. The Hall–Kier alpha value is -1.48. The van der Waals surface area contributed by atoms with Crippen LogP contribution in [0.15, 0.2) is 18.2 Å². The van der Waals surface area contributed by atoms with Crippen LogP contribution in [0.5, 0.6) is 0 Å². The van der Waals surface area contributed by atoms with Gasteiger partial charge in [0.2, 0.25) is 0 Å². The van der Waals surface area contributed by atoms with E-state index in [-0.39, 0.29) is 6.10 Å². The third-order valence-corrected chi connectivity index (χ3v) is 4.67. The minimum absolute atomic E-state index is 0.289. The van der Waals surface area contributed by atoms with Gasteiger partial charge < -0.3 is 15.0 Å². The van der Waals surface area contributed by atoms with Crippen LogP contribution in [0.25, 0.3) is 10.9 Å². The van der Waals surface area contributed by atoms with Gasteiger partial charge in [-0.05, 0) is 31.2 Å². The van der Waals surface area contributed by atoms with Crippen molar-refractivity contribution in [1.29, 1.82) is 0 Å². The summed E-state index contributed by atoms with van der Waals surface area (Å²) in [6.07, 6.45) is 3.02. The Morgan fingerprint density at radius 1 is 1.37 bits per heavy atom. The van der Waals surface area contributed by atoms with Crippen LogP contribution < -0.4 is 4.90 Å². The SMILES string of the molecule is CC(O)Cc1cccc2c3c([nH]c12)N1CCC3CC1. The van der Waals surface area contributed by atoms with Crippen LogP contribution in [0.1, 0.15) is 36.8 Å². The molecule has 2 bridgehead atoms. The fourth-order valence-corrected chi connectivity index (χ4v) is 3.83. The van der Waals surface area contributed by atoms with Crippen LogP contribution in [0, 0.1) is 0 Å². The molecule has 100 valence electrons. The number of hydrogen-bond acceptors (Lipinski definition) is 2. The van der Waals surface area contributed by atoms with Crippen molar-refractivity contribution in [2.45, 2.75) is 38.2 Å². The lowest BCUT2D eigenvalue weighted by Gasteiger charge is -2.40. The minimum Gasteiger partial charge on any atom is -0.393 e. The molecule has 4 heterocycles. The first-order chi connectivity index (χ1) is 9.24. The number of aliphatic hydroxyl groups excluding tert-OH is 1. The van der Waals surface area contributed by atoms with Crippen LogP contribution in [0.2, 0.25) is 0 Å². The summed E-state index contributed by atoms with van der Waals surface area (Å²) in [5.41, 5.74) is 4.01. The second-order valence-corrected chi connectivity index (χ2v) is 6.04. The highest BCUT2D eigenvalue weighted by Crippen LogP contribution is 2.46. The van der Waals surface area contributed by atoms with Crippen LogP contribution in [-0.4, -0.2) is 29.3 Å². The Labute approximate surface area is 113 Å². The standard InChI is InChI=1S/C16H20N2O/c1-10(19)9-12-3-2-4-13-14-11-5-7-18(8-6-11)16(14)17-15(12)13/h2-4,10-11,17,19H,5-9H2,1H3. The summed E-state index contributed by atoms with van der Waals surface area (Å²) in [6.45, 7) is 4.24. The van der Waals surface area contributed by atoms with E-state index in [0.29, 0.717) is 0 Å². The van der Waals surface area contributed by atoms with Crippen LogP contribution in [-0.2, 0) is 6.42 Å². The molecule has 0 amide bonds. The van der Waals surface area contributed by atoms with Gasteiger partial charge in [0.15, 0.2) is 0 Å². The highest BCUT2D eigenvalue weighted by Gasteiger charge is 2.34. The molecule has 1 aromatic heterocycles. The second kappa shape index (κ2) is 4.01. The van der Waals surface area contributed by atoms with Crippen LogP contribution >= 0.6 is 0 Å². The van der Waals surface area contributed by atoms with Gasteiger partial charge in [0.05, 0.1) is 11.6 Å².